The summed E-state index contributed by atoms with van der Waals surface area (Å²) in [6.45, 7) is 0.485. The van der Waals surface area contributed by atoms with Gasteiger partial charge in [-0.1, -0.05) is 6.07 Å². The van der Waals surface area contributed by atoms with Crippen molar-refractivity contribution in [1.29, 1.82) is 0 Å². The molecule has 25 heavy (non-hydrogen) atoms. The van der Waals surface area contributed by atoms with E-state index in [4.69, 9.17) is 4.74 Å². The molecule has 1 N–H and O–H groups in total. The summed E-state index contributed by atoms with van der Waals surface area (Å²) in [5.41, 5.74) is 0. The number of nitrogens with one attached hydrogen (secondary N) is 1. The topological polar surface area (TPSA) is 72.5 Å². The third-order valence-electron chi connectivity index (χ3n) is 4.06. The molecule has 0 saturated carbocycles. The largest absolute Gasteiger partial charge is 0.368 e. The molecule has 1 aromatic carbocycles. The number of carbonyl (C=O) groups is 1. The minimum atomic E-state index is -3.77. The first-order valence-corrected chi connectivity index (χ1v) is 10.3. The van der Waals surface area contributed by atoms with Gasteiger partial charge in [0.15, 0.2) is 9.84 Å². The van der Waals surface area contributed by atoms with Gasteiger partial charge in [0, 0.05) is 18.0 Å². The second kappa shape index (κ2) is 7.63. The van der Waals surface area contributed by atoms with Crippen molar-refractivity contribution in [3.8, 4) is 0 Å². The highest BCUT2D eigenvalue weighted by Crippen LogP contribution is 2.31. The van der Waals surface area contributed by atoms with Crippen LogP contribution in [-0.4, -0.2) is 33.6 Å². The normalized spacial score (nSPS) is 18.8. The van der Waals surface area contributed by atoms with Crippen LogP contribution in [0.2, 0.25) is 0 Å². The van der Waals surface area contributed by atoms with Crippen molar-refractivity contribution in [2.24, 2.45) is 0 Å². The summed E-state index contributed by atoms with van der Waals surface area (Å²) >= 11 is 1.30. The highest BCUT2D eigenvalue weighted by molar-refractivity contribution is 7.91. The third kappa shape index (κ3) is 4.08. The van der Waals surface area contributed by atoms with Crippen LogP contribution in [0, 0.1) is 5.82 Å². The van der Waals surface area contributed by atoms with Gasteiger partial charge >= 0.3 is 0 Å². The van der Waals surface area contributed by atoms with E-state index >= 15 is 0 Å². The molecule has 0 aliphatic carbocycles. The summed E-state index contributed by atoms with van der Waals surface area (Å²) in [5, 5.41) is 3.54. The van der Waals surface area contributed by atoms with Crippen LogP contribution in [0.25, 0.3) is 0 Å². The maximum Gasteiger partial charge on any atom is 0.249 e. The Morgan fingerprint density at radius 1 is 1.32 bits per heavy atom. The monoisotopic (exact) mass is 383 g/mol. The SMILES string of the molecule is O=C(NCC(c1cccs1)S(=O)(=O)c1ccc(F)cc1)C1CCCO1. The number of hydrogen-bond donors (Lipinski definition) is 1. The van der Waals surface area contributed by atoms with E-state index in [1.54, 1.807) is 17.5 Å². The van der Waals surface area contributed by atoms with Crippen LogP contribution in [0.5, 0.6) is 0 Å². The van der Waals surface area contributed by atoms with Gasteiger partial charge in [0.1, 0.15) is 17.2 Å². The molecular weight excluding hydrogens is 365 g/mol. The molecule has 2 unspecified atom stereocenters. The predicted molar refractivity (Wildman–Crippen MR) is 92.6 cm³/mol. The molecule has 1 amide bonds. The highest BCUT2D eigenvalue weighted by atomic mass is 32.2. The maximum absolute atomic E-state index is 13.1. The Kier molecular flexibility index (Phi) is 5.51. The molecule has 2 atom stereocenters. The van der Waals surface area contributed by atoms with Crippen LogP contribution in [-0.2, 0) is 19.4 Å². The molecule has 0 bridgehead atoms. The Morgan fingerprint density at radius 2 is 2.08 bits per heavy atom. The van der Waals surface area contributed by atoms with Crippen molar-refractivity contribution in [2.45, 2.75) is 29.1 Å². The predicted octanol–water partition coefficient (Wildman–Crippen LogP) is 2.70. The summed E-state index contributed by atoms with van der Waals surface area (Å²) in [4.78, 5) is 12.8. The minimum Gasteiger partial charge on any atom is -0.368 e. The zero-order valence-corrected chi connectivity index (χ0v) is 15.0. The van der Waals surface area contributed by atoms with Gasteiger partial charge in [0.05, 0.1) is 4.90 Å². The Balaban J connectivity index is 1.82. The van der Waals surface area contributed by atoms with Crippen molar-refractivity contribution in [3.63, 3.8) is 0 Å². The minimum absolute atomic E-state index is 0.0265. The lowest BCUT2D eigenvalue weighted by Gasteiger charge is -2.18. The van der Waals surface area contributed by atoms with Gasteiger partial charge in [-0.3, -0.25) is 4.79 Å². The van der Waals surface area contributed by atoms with Gasteiger partial charge in [0.2, 0.25) is 5.91 Å². The van der Waals surface area contributed by atoms with E-state index in [0.29, 0.717) is 17.9 Å². The molecule has 3 rings (SSSR count). The fourth-order valence-corrected chi connectivity index (χ4v) is 5.50. The van der Waals surface area contributed by atoms with Crippen LogP contribution in [0.3, 0.4) is 0 Å². The summed E-state index contributed by atoms with van der Waals surface area (Å²) in [6.07, 6.45) is 0.943. The van der Waals surface area contributed by atoms with Crippen LogP contribution >= 0.6 is 11.3 Å². The number of hydrogen-bond acceptors (Lipinski definition) is 5. The molecule has 0 radical (unpaired) electrons. The van der Waals surface area contributed by atoms with Crippen molar-refractivity contribution in [2.75, 3.05) is 13.2 Å². The number of ether oxygens (including phenoxy) is 1. The Bertz CT molecular complexity index is 813. The molecule has 1 fully saturated rings. The standard InChI is InChI=1S/C17H18FNO4S2/c18-12-5-7-13(8-6-12)25(21,22)16(15-4-2-10-24-15)11-19-17(20)14-3-1-9-23-14/h2,4-8,10,14,16H,1,3,9,11H2,(H,19,20). The van der Waals surface area contributed by atoms with E-state index in [-0.39, 0.29) is 17.3 Å². The number of benzene rings is 1. The van der Waals surface area contributed by atoms with E-state index in [1.165, 1.54) is 23.5 Å². The average molecular weight is 383 g/mol. The van der Waals surface area contributed by atoms with Crippen LogP contribution in [0.1, 0.15) is 23.0 Å². The van der Waals surface area contributed by atoms with Crippen LogP contribution in [0.4, 0.5) is 4.39 Å². The number of rotatable bonds is 6. The van der Waals surface area contributed by atoms with Gasteiger partial charge in [-0.2, -0.15) is 0 Å². The van der Waals surface area contributed by atoms with Crippen LogP contribution in [0.15, 0.2) is 46.7 Å². The molecule has 5 nitrogen and oxygen atoms in total. The molecule has 2 heterocycles. The average Bonchev–Trinajstić information content (AvgIpc) is 3.29. The second-order valence-electron chi connectivity index (χ2n) is 5.75. The van der Waals surface area contributed by atoms with E-state index in [0.717, 1.165) is 18.6 Å². The molecular formula is C17H18FNO4S2. The highest BCUT2D eigenvalue weighted by Gasteiger charge is 2.32. The number of amides is 1. The zero-order chi connectivity index (χ0) is 17.9. The van der Waals surface area contributed by atoms with Crippen molar-refractivity contribution >= 4 is 27.1 Å². The fourth-order valence-electron chi connectivity index (χ4n) is 2.72. The molecule has 8 heteroatoms. The first-order chi connectivity index (χ1) is 12.0. The summed E-state index contributed by atoms with van der Waals surface area (Å²) in [7, 11) is -3.77. The molecule has 2 aromatic rings. The number of thiophene rings is 1. The quantitative estimate of drug-likeness (QED) is 0.779. The lowest BCUT2D eigenvalue weighted by molar-refractivity contribution is -0.130. The smallest absolute Gasteiger partial charge is 0.249 e. The molecule has 1 saturated heterocycles. The van der Waals surface area contributed by atoms with E-state index in [2.05, 4.69) is 5.32 Å². The number of halogens is 1. The summed E-state index contributed by atoms with van der Waals surface area (Å²) in [5.74, 6) is -0.799. The first kappa shape index (κ1) is 18.0. The number of sulfone groups is 1. The Labute approximate surface area is 149 Å². The Hall–Kier alpha value is -1.77. The van der Waals surface area contributed by atoms with E-state index < -0.39 is 27.0 Å². The maximum atomic E-state index is 13.1. The Morgan fingerprint density at radius 3 is 2.68 bits per heavy atom. The van der Waals surface area contributed by atoms with E-state index in [1.807, 2.05) is 0 Å². The summed E-state index contributed by atoms with van der Waals surface area (Å²) in [6, 6.07) is 8.19. The molecule has 0 spiro atoms. The fraction of sp³-hybridized carbons (Fsp3) is 0.353. The molecule has 1 aliphatic heterocycles. The van der Waals surface area contributed by atoms with Gasteiger partial charge in [-0.05, 0) is 48.6 Å². The van der Waals surface area contributed by atoms with Gasteiger partial charge in [-0.25, -0.2) is 12.8 Å². The molecule has 1 aromatic heterocycles. The van der Waals surface area contributed by atoms with Gasteiger partial charge in [0.25, 0.3) is 0 Å². The lowest BCUT2D eigenvalue weighted by atomic mass is 10.2. The third-order valence-corrected chi connectivity index (χ3v) is 7.30. The van der Waals surface area contributed by atoms with E-state index in [9.17, 15) is 17.6 Å². The lowest BCUT2D eigenvalue weighted by Crippen LogP contribution is -2.38. The molecule has 1 aliphatic rings. The molecule has 134 valence electrons. The van der Waals surface area contributed by atoms with Gasteiger partial charge < -0.3 is 10.1 Å². The number of carbonyl (C=O) groups excluding carboxylic acids is 1. The van der Waals surface area contributed by atoms with Crippen molar-refractivity contribution in [3.05, 3.63) is 52.5 Å². The van der Waals surface area contributed by atoms with Gasteiger partial charge in [-0.15, -0.1) is 11.3 Å². The second-order valence-corrected chi connectivity index (χ2v) is 8.86. The van der Waals surface area contributed by atoms with Crippen molar-refractivity contribution < 1.29 is 22.3 Å². The first-order valence-electron chi connectivity index (χ1n) is 7.90. The van der Waals surface area contributed by atoms with Crippen molar-refractivity contribution in [1.82, 2.24) is 5.32 Å². The summed E-state index contributed by atoms with van der Waals surface area (Å²) < 4.78 is 44.4. The van der Waals surface area contributed by atoms with Crippen LogP contribution < -0.4 is 5.32 Å². The zero-order valence-electron chi connectivity index (χ0n) is 13.4.